The number of nitrogens with zero attached hydrogens (tertiary/aromatic N) is 1. The molecule has 1 aliphatic carbocycles. The molecule has 3 atom stereocenters. The number of hydrogen-bond acceptors (Lipinski definition) is 5. The first-order valence-corrected chi connectivity index (χ1v) is 15.2. The predicted octanol–water partition coefficient (Wildman–Crippen LogP) is 4.03. The minimum absolute atomic E-state index is 0.0307. The maximum absolute atomic E-state index is 15.4. The van der Waals surface area contributed by atoms with E-state index in [1.54, 1.807) is 0 Å². The highest BCUT2D eigenvalue weighted by molar-refractivity contribution is 7.92. The van der Waals surface area contributed by atoms with Crippen LogP contribution in [0.1, 0.15) is 37.7 Å². The molecule has 2 fully saturated rings. The molecule has 196 valence electrons. The van der Waals surface area contributed by atoms with Crippen LogP contribution in [0.2, 0.25) is 5.02 Å². The molecule has 2 heterocycles. The van der Waals surface area contributed by atoms with Crippen LogP contribution in [0.4, 0.5) is 8.78 Å². The molecule has 0 aromatic heterocycles. The number of rotatable bonds is 6. The lowest BCUT2D eigenvalue weighted by Crippen LogP contribution is -2.56. The van der Waals surface area contributed by atoms with E-state index in [9.17, 15) is 21.2 Å². The molecule has 7 nitrogen and oxygen atoms in total. The van der Waals surface area contributed by atoms with Crippen LogP contribution in [0.15, 0.2) is 41.3 Å². The second-order valence-electron chi connectivity index (χ2n) is 9.61. The average molecular weight is 561 g/mol. The summed E-state index contributed by atoms with van der Waals surface area (Å²) in [5.74, 6) is -3.40. The summed E-state index contributed by atoms with van der Waals surface area (Å²) in [6.07, 6.45) is 2.51. The van der Waals surface area contributed by atoms with Crippen molar-refractivity contribution in [3.63, 3.8) is 0 Å². The molecule has 2 aliphatic heterocycles. The Balaban J connectivity index is 1.60. The normalized spacial score (nSPS) is 26.8. The third-order valence-electron chi connectivity index (χ3n) is 7.72. The van der Waals surface area contributed by atoms with Gasteiger partial charge in [-0.05, 0) is 68.0 Å². The second kappa shape index (κ2) is 9.50. The van der Waals surface area contributed by atoms with Crippen LogP contribution in [0.3, 0.4) is 0 Å². The molecule has 2 aromatic carbocycles. The Morgan fingerprint density at radius 1 is 1.00 bits per heavy atom. The summed E-state index contributed by atoms with van der Waals surface area (Å²) >= 11 is 5.98. The van der Waals surface area contributed by atoms with E-state index in [0.29, 0.717) is 31.0 Å². The number of fused-ring (bicyclic) bond motifs is 3. The molecule has 0 bridgehead atoms. The van der Waals surface area contributed by atoms with Gasteiger partial charge in [-0.25, -0.2) is 21.9 Å². The zero-order chi connectivity index (χ0) is 25.7. The number of hydrogen-bond donors (Lipinski definition) is 1. The van der Waals surface area contributed by atoms with Gasteiger partial charge in [0.2, 0.25) is 0 Å². The van der Waals surface area contributed by atoms with Crippen molar-refractivity contribution in [2.24, 2.45) is 11.8 Å². The van der Waals surface area contributed by atoms with Gasteiger partial charge >= 0.3 is 0 Å². The lowest BCUT2D eigenvalue weighted by molar-refractivity contribution is 0.0769. The number of benzene rings is 2. The van der Waals surface area contributed by atoms with Crippen LogP contribution in [0, 0.1) is 23.5 Å². The van der Waals surface area contributed by atoms with Crippen LogP contribution >= 0.6 is 11.6 Å². The Kier molecular flexibility index (Phi) is 6.82. The molecule has 5 rings (SSSR count). The van der Waals surface area contributed by atoms with Crippen molar-refractivity contribution in [2.45, 2.75) is 41.7 Å². The highest BCUT2D eigenvalue weighted by atomic mass is 35.5. The Morgan fingerprint density at radius 3 is 2.36 bits per heavy atom. The van der Waals surface area contributed by atoms with Gasteiger partial charge in [-0.1, -0.05) is 18.0 Å². The van der Waals surface area contributed by atoms with E-state index in [1.807, 2.05) is 0 Å². The summed E-state index contributed by atoms with van der Waals surface area (Å²) in [7, 11) is -8.03. The van der Waals surface area contributed by atoms with Crippen LogP contribution < -0.4 is 9.46 Å². The third-order valence-corrected chi connectivity index (χ3v) is 12.1. The third kappa shape index (κ3) is 4.13. The smallest absolute Gasteiger partial charge is 0.279 e. The van der Waals surface area contributed by atoms with Crippen molar-refractivity contribution < 1.29 is 30.4 Å². The molecule has 3 aliphatic rings. The summed E-state index contributed by atoms with van der Waals surface area (Å²) < 4.78 is 92.3. The number of sulfone groups is 1. The van der Waals surface area contributed by atoms with E-state index in [1.165, 1.54) is 28.6 Å². The fourth-order valence-corrected chi connectivity index (χ4v) is 9.90. The molecular weight excluding hydrogens is 534 g/mol. The van der Waals surface area contributed by atoms with Crippen LogP contribution in [0.25, 0.3) is 0 Å². The highest BCUT2D eigenvalue weighted by Gasteiger charge is 2.60. The van der Waals surface area contributed by atoms with Gasteiger partial charge in [0.15, 0.2) is 21.4 Å². The molecule has 36 heavy (non-hydrogen) atoms. The molecule has 1 N–H and O–H groups in total. The Morgan fingerprint density at radius 2 is 1.67 bits per heavy atom. The van der Waals surface area contributed by atoms with Gasteiger partial charge in [-0.2, -0.15) is 12.7 Å². The minimum atomic E-state index is -4.29. The van der Waals surface area contributed by atoms with E-state index < -0.39 is 54.0 Å². The first kappa shape index (κ1) is 25.8. The standard InChI is InChI=1S/C24H27ClF2N2O5S2/c25-17-5-7-18(8-6-17)35(30,31)24-11-3-4-16(14-28-36(32,33)29-12-1-2-13-29)19(24)15-34-23-21(27)10-9-20(26)22(23)24/h5-10,16,19,28H,1-4,11-15H2/t16-,19-,24-/m0/s1. The van der Waals surface area contributed by atoms with Crippen molar-refractivity contribution in [3.05, 3.63) is 58.6 Å². The van der Waals surface area contributed by atoms with Crippen molar-refractivity contribution in [3.8, 4) is 5.75 Å². The SMILES string of the molecule is O=S(=O)(NC[C@@H]1CCC[C@@]2(S(=O)(=O)c3ccc(Cl)cc3)c3c(F)ccc(F)c3OC[C@@H]12)N1CCCC1. The van der Waals surface area contributed by atoms with Gasteiger partial charge in [-0.15, -0.1) is 0 Å². The zero-order valence-corrected chi connectivity index (χ0v) is 21.8. The monoisotopic (exact) mass is 560 g/mol. The predicted molar refractivity (Wildman–Crippen MR) is 131 cm³/mol. The Labute approximate surface area is 214 Å². The Hall–Kier alpha value is -1.79. The summed E-state index contributed by atoms with van der Waals surface area (Å²) in [5.41, 5.74) is -0.319. The molecule has 12 heteroatoms. The van der Waals surface area contributed by atoms with E-state index in [-0.39, 0.29) is 30.0 Å². The largest absolute Gasteiger partial charge is 0.490 e. The molecular formula is C24H27ClF2N2O5S2. The van der Waals surface area contributed by atoms with Crippen molar-refractivity contribution in [2.75, 3.05) is 26.2 Å². The first-order chi connectivity index (χ1) is 17.1. The van der Waals surface area contributed by atoms with E-state index in [2.05, 4.69) is 4.72 Å². The average Bonchev–Trinajstić information content (AvgIpc) is 3.41. The zero-order valence-electron chi connectivity index (χ0n) is 19.4. The maximum Gasteiger partial charge on any atom is 0.279 e. The quantitative estimate of drug-likeness (QED) is 0.576. The molecule has 1 saturated heterocycles. The summed E-state index contributed by atoms with van der Waals surface area (Å²) in [6, 6.07) is 7.42. The summed E-state index contributed by atoms with van der Waals surface area (Å²) in [5, 5.41) is 0.338. The van der Waals surface area contributed by atoms with Gasteiger partial charge in [0.05, 0.1) is 17.1 Å². The van der Waals surface area contributed by atoms with Crippen molar-refractivity contribution in [1.29, 1.82) is 0 Å². The molecule has 0 amide bonds. The summed E-state index contributed by atoms with van der Waals surface area (Å²) in [4.78, 5) is -0.0632. The van der Waals surface area contributed by atoms with E-state index in [0.717, 1.165) is 25.0 Å². The molecule has 0 unspecified atom stereocenters. The fraction of sp³-hybridized carbons (Fsp3) is 0.500. The molecule has 1 saturated carbocycles. The second-order valence-corrected chi connectivity index (χ2v) is 14.0. The van der Waals surface area contributed by atoms with Crippen LogP contribution in [-0.4, -0.2) is 47.4 Å². The van der Waals surface area contributed by atoms with Crippen molar-refractivity contribution in [1.82, 2.24) is 9.03 Å². The lowest BCUT2D eigenvalue weighted by atomic mass is 9.67. The molecule has 0 radical (unpaired) electrons. The van der Waals surface area contributed by atoms with Crippen LogP contribution in [0.5, 0.6) is 5.75 Å². The highest BCUT2D eigenvalue weighted by Crippen LogP contribution is 2.58. The van der Waals surface area contributed by atoms with E-state index >= 15 is 4.39 Å². The van der Waals surface area contributed by atoms with Crippen LogP contribution in [-0.2, 0) is 24.8 Å². The number of ether oxygens (including phenoxy) is 1. The Bertz CT molecular complexity index is 1370. The first-order valence-electron chi connectivity index (χ1n) is 11.9. The van der Waals surface area contributed by atoms with Gasteiger partial charge in [0.25, 0.3) is 10.2 Å². The molecule has 0 spiro atoms. The van der Waals surface area contributed by atoms with E-state index in [4.69, 9.17) is 16.3 Å². The maximum atomic E-state index is 15.4. The topological polar surface area (TPSA) is 92.8 Å². The number of nitrogens with one attached hydrogen (secondary N) is 1. The van der Waals surface area contributed by atoms with Gasteiger partial charge in [0.1, 0.15) is 10.6 Å². The molecule has 2 aromatic rings. The van der Waals surface area contributed by atoms with Crippen molar-refractivity contribution >= 4 is 31.6 Å². The summed E-state index contributed by atoms with van der Waals surface area (Å²) in [6.45, 7) is 0.645. The fourth-order valence-electron chi connectivity index (χ4n) is 5.99. The van der Waals surface area contributed by atoms with Gasteiger partial charge in [0, 0.05) is 30.6 Å². The lowest BCUT2D eigenvalue weighted by Gasteiger charge is -2.50. The minimum Gasteiger partial charge on any atom is -0.490 e. The number of halogens is 3. The van der Waals surface area contributed by atoms with Gasteiger partial charge in [-0.3, -0.25) is 0 Å². The van der Waals surface area contributed by atoms with Gasteiger partial charge < -0.3 is 4.74 Å².